The highest BCUT2D eigenvalue weighted by Gasteiger charge is 2.18. The van der Waals surface area contributed by atoms with Crippen LogP contribution in [0.4, 0.5) is 11.5 Å². The summed E-state index contributed by atoms with van der Waals surface area (Å²) in [6, 6.07) is 3.29. The fourth-order valence-electron chi connectivity index (χ4n) is 1.35. The molecule has 1 rings (SSSR count). The van der Waals surface area contributed by atoms with E-state index in [4.69, 9.17) is 5.73 Å². The molecule has 1 aromatic heterocycles. The average molecular weight is 224 g/mol. The molecule has 0 aliphatic rings. The third-order valence-corrected chi connectivity index (χ3v) is 2.36. The van der Waals surface area contributed by atoms with Crippen LogP contribution in [0.5, 0.6) is 0 Å². The summed E-state index contributed by atoms with van der Waals surface area (Å²) in [5.41, 5.74) is 6.01. The van der Waals surface area contributed by atoms with Crippen LogP contribution in [0.1, 0.15) is 13.8 Å². The summed E-state index contributed by atoms with van der Waals surface area (Å²) in [6.07, 6.45) is 1.40. The molecule has 0 aliphatic carbocycles. The van der Waals surface area contributed by atoms with Crippen molar-refractivity contribution in [1.29, 1.82) is 0 Å². The van der Waals surface area contributed by atoms with Crippen LogP contribution in [-0.4, -0.2) is 22.5 Å². The zero-order valence-corrected chi connectivity index (χ0v) is 9.38. The maximum Gasteiger partial charge on any atom is 0.386 e. The lowest BCUT2D eigenvalue weighted by molar-refractivity contribution is -0.388. The van der Waals surface area contributed by atoms with Crippen molar-refractivity contribution in [3.05, 3.63) is 28.4 Å². The molecule has 88 valence electrons. The van der Waals surface area contributed by atoms with E-state index in [9.17, 15) is 10.1 Å². The SMILES string of the molecule is CC(C)C(CN)Nc1cccnc1[N+](=O)[O-]. The van der Waals surface area contributed by atoms with E-state index < -0.39 is 4.92 Å². The van der Waals surface area contributed by atoms with Gasteiger partial charge in [-0.05, 0) is 28.0 Å². The van der Waals surface area contributed by atoms with Crippen LogP contribution < -0.4 is 11.1 Å². The molecular formula is C10H16N4O2. The third-order valence-electron chi connectivity index (χ3n) is 2.36. The third kappa shape index (κ3) is 2.90. The molecule has 1 aromatic rings. The molecular weight excluding hydrogens is 208 g/mol. The van der Waals surface area contributed by atoms with Crippen molar-refractivity contribution in [2.45, 2.75) is 19.9 Å². The van der Waals surface area contributed by atoms with Crippen molar-refractivity contribution in [3.63, 3.8) is 0 Å². The predicted octanol–water partition coefficient (Wildman–Crippen LogP) is 1.38. The lowest BCUT2D eigenvalue weighted by Gasteiger charge is -2.21. The second-order valence-corrected chi connectivity index (χ2v) is 3.86. The van der Waals surface area contributed by atoms with Gasteiger partial charge in [0.25, 0.3) is 0 Å². The molecule has 0 spiro atoms. The number of hydrogen-bond acceptors (Lipinski definition) is 5. The summed E-state index contributed by atoms with van der Waals surface area (Å²) in [5, 5.41) is 13.8. The Morgan fingerprint density at radius 3 is 2.81 bits per heavy atom. The van der Waals surface area contributed by atoms with Crippen molar-refractivity contribution in [2.24, 2.45) is 11.7 Å². The fourth-order valence-corrected chi connectivity index (χ4v) is 1.35. The van der Waals surface area contributed by atoms with Crippen molar-refractivity contribution < 1.29 is 4.92 Å². The number of anilines is 1. The highest BCUT2D eigenvalue weighted by Crippen LogP contribution is 2.22. The van der Waals surface area contributed by atoms with E-state index >= 15 is 0 Å². The Bertz CT molecular complexity index is 368. The topological polar surface area (TPSA) is 94.1 Å². The monoisotopic (exact) mass is 224 g/mol. The molecule has 0 fully saturated rings. The molecule has 6 nitrogen and oxygen atoms in total. The number of nitrogens with one attached hydrogen (secondary N) is 1. The van der Waals surface area contributed by atoms with E-state index in [1.165, 1.54) is 6.20 Å². The van der Waals surface area contributed by atoms with Gasteiger partial charge in [-0.2, -0.15) is 0 Å². The van der Waals surface area contributed by atoms with Crippen molar-refractivity contribution in [2.75, 3.05) is 11.9 Å². The van der Waals surface area contributed by atoms with Gasteiger partial charge in [-0.25, -0.2) is 0 Å². The number of hydrogen-bond donors (Lipinski definition) is 2. The van der Waals surface area contributed by atoms with E-state index in [0.717, 1.165) is 0 Å². The summed E-state index contributed by atoms with van der Waals surface area (Å²) in [7, 11) is 0. The smallest absolute Gasteiger partial charge is 0.374 e. The van der Waals surface area contributed by atoms with Gasteiger partial charge in [-0.1, -0.05) is 13.8 Å². The molecule has 0 aliphatic heterocycles. The highest BCUT2D eigenvalue weighted by molar-refractivity contribution is 5.57. The molecule has 16 heavy (non-hydrogen) atoms. The van der Waals surface area contributed by atoms with E-state index in [2.05, 4.69) is 10.3 Å². The number of nitrogens with two attached hydrogens (primary N) is 1. The van der Waals surface area contributed by atoms with Gasteiger partial charge >= 0.3 is 5.82 Å². The Hall–Kier alpha value is -1.69. The van der Waals surface area contributed by atoms with Gasteiger partial charge in [-0.3, -0.25) is 0 Å². The summed E-state index contributed by atoms with van der Waals surface area (Å²) < 4.78 is 0. The Labute approximate surface area is 94.0 Å². The molecule has 0 saturated carbocycles. The summed E-state index contributed by atoms with van der Waals surface area (Å²) in [5.74, 6) is 0.131. The second kappa shape index (κ2) is 5.41. The van der Waals surface area contributed by atoms with E-state index in [1.54, 1.807) is 12.1 Å². The zero-order valence-electron chi connectivity index (χ0n) is 9.38. The van der Waals surface area contributed by atoms with E-state index in [0.29, 0.717) is 18.2 Å². The quantitative estimate of drug-likeness (QED) is 0.582. The van der Waals surface area contributed by atoms with E-state index in [1.807, 2.05) is 13.8 Å². The van der Waals surface area contributed by atoms with Crippen molar-refractivity contribution in [3.8, 4) is 0 Å². The standard InChI is InChI=1S/C10H16N4O2/c1-7(2)9(6-11)13-8-4-3-5-12-10(8)14(15)16/h3-5,7,9,13H,6,11H2,1-2H3. The summed E-state index contributed by atoms with van der Waals surface area (Å²) >= 11 is 0. The average Bonchev–Trinajstić information content (AvgIpc) is 2.25. The minimum absolute atomic E-state index is 0.00269. The largest absolute Gasteiger partial charge is 0.386 e. The van der Waals surface area contributed by atoms with Gasteiger partial charge in [0.15, 0.2) is 0 Å². The second-order valence-electron chi connectivity index (χ2n) is 3.86. The molecule has 0 bridgehead atoms. The normalized spacial score (nSPS) is 12.5. The first-order valence-corrected chi connectivity index (χ1v) is 5.12. The van der Waals surface area contributed by atoms with Crippen molar-refractivity contribution in [1.82, 2.24) is 4.98 Å². The number of nitrogens with zero attached hydrogens (tertiary/aromatic N) is 2. The molecule has 6 heteroatoms. The van der Waals surface area contributed by atoms with Gasteiger partial charge in [0, 0.05) is 12.6 Å². The van der Waals surface area contributed by atoms with Gasteiger partial charge in [-0.15, -0.1) is 0 Å². The van der Waals surface area contributed by atoms with Crippen LogP contribution in [-0.2, 0) is 0 Å². The number of pyridine rings is 1. The molecule has 1 unspecified atom stereocenters. The van der Waals surface area contributed by atoms with Crippen LogP contribution >= 0.6 is 0 Å². The number of aromatic nitrogens is 1. The zero-order chi connectivity index (χ0) is 12.1. The lowest BCUT2D eigenvalue weighted by Crippen LogP contribution is -2.33. The minimum atomic E-state index is -0.504. The fraction of sp³-hybridized carbons (Fsp3) is 0.500. The van der Waals surface area contributed by atoms with Crippen molar-refractivity contribution >= 4 is 11.5 Å². The number of rotatable bonds is 5. The van der Waals surface area contributed by atoms with Crippen LogP contribution in [0, 0.1) is 16.0 Å². The Balaban J connectivity index is 2.91. The van der Waals surface area contributed by atoms with E-state index in [-0.39, 0.29) is 11.9 Å². The Morgan fingerprint density at radius 2 is 2.31 bits per heavy atom. The Morgan fingerprint density at radius 1 is 1.62 bits per heavy atom. The summed E-state index contributed by atoms with van der Waals surface area (Å²) in [4.78, 5) is 14.0. The lowest BCUT2D eigenvalue weighted by atomic mass is 10.0. The first-order valence-electron chi connectivity index (χ1n) is 5.12. The molecule has 0 aromatic carbocycles. The molecule has 0 saturated heterocycles. The van der Waals surface area contributed by atoms with Gasteiger partial charge in [0.05, 0.1) is 0 Å². The maximum atomic E-state index is 10.7. The highest BCUT2D eigenvalue weighted by atomic mass is 16.6. The molecule has 1 heterocycles. The summed E-state index contributed by atoms with van der Waals surface area (Å²) in [6.45, 7) is 4.43. The van der Waals surface area contributed by atoms with Crippen LogP contribution in [0.3, 0.4) is 0 Å². The van der Waals surface area contributed by atoms with Crippen LogP contribution in [0.15, 0.2) is 18.3 Å². The van der Waals surface area contributed by atoms with Gasteiger partial charge in [0.1, 0.15) is 11.9 Å². The molecule has 0 radical (unpaired) electrons. The van der Waals surface area contributed by atoms with Crippen LogP contribution in [0.2, 0.25) is 0 Å². The molecule has 1 atom stereocenters. The minimum Gasteiger partial charge on any atom is -0.374 e. The predicted molar refractivity (Wildman–Crippen MR) is 62.2 cm³/mol. The van der Waals surface area contributed by atoms with Gasteiger partial charge < -0.3 is 21.2 Å². The molecule has 3 N–H and O–H groups in total. The first kappa shape index (κ1) is 12.4. The maximum absolute atomic E-state index is 10.7. The Kier molecular flexibility index (Phi) is 4.19. The first-order chi connectivity index (χ1) is 7.56. The van der Waals surface area contributed by atoms with Gasteiger partial charge in [0.2, 0.25) is 0 Å². The molecule has 0 amide bonds. The van der Waals surface area contributed by atoms with Crippen LogP contribution in [0.25, 0.3) is 0 Å². The number of nitro groups is 1.